The summed E-state index contributed by atoms with van der Waals surface area (Å²) in [6, 6.07) is 1.25. The van der Waals surface area contributed by atoms with E-state index in [-0.39, 0.29) is 0 Å². The largest absolute Gasteiger partial charge is 0.311 e. The normalized spacial score (nSPS) is 22.2. The number of piperidine rings is 1. The van der Waals surface area contributed by atoms with E-state index in [1.54, 1.807) is 11.3 Å². The van der Waals surface area contributed by atoms with Crippen LogP contribution in [0.15, 0.2) is 5.51 Å². The summed E-state index contributed by atoms with van der Waals surface area (Å²) in [4.78, 5) is 8.31. The van der Waals surface area contributed by atoms with Gasteiger partial charge in [0.15, 0.2) is 0 Å². The monoisotopic (exact) mass is 253 g/mol. The maximum atomic E-state index is 4.33. The summed E-state index contributed by atoms with van der Waals surface area (Å²) < 4.78 is 0. The Morgan fingerprint density at radius 2 is 2.41 bits per heavy atom. The second-order valence-corrected chi connectivity index (χ2v) is 6.20. The van der Waals surface area contributed by atoms with E-state index in [4.69, 9.17) is 0 Å². The number of thiazole rings is 1. The quantitative estimate of drug-likeness (QED) is 0.893. The zero-order valence-corrected chi connectivity index (χ0v) is 11.9. The van der Waals surface area contributed by atoms with Crippen molar-refractivity contribution in [1.29, 1.82) is 0 Å². The lowest BCUT2D eigenvalue weighted by atomic mass is 10.0. The van der Waals surface area contributed by atoms with Crippen LogP contribution < -0.4 is 5.32 Å². The highest BCUT2D eigenvalue weighted by atomic mass is 32.1. The Hall–Kier alpha value is -0.450. The minimum atomic E-state index is 0.588. The number of nitrogens with zero attached hydrogens (tertiary/aromatic N) is 2. The summed E-state index contributed by atoms with van der Waals surface area (Å²) in [6.07, 6.45) is 2.62. The third-order valence-corrected chi connectivity index (χ3v) is 4.21. The zero-order valence-electron chi connectivity index (χ0n) is 11.1. The average Bonchev–Trinajstić information content (AvgIpc) is 2.64. The molecule has 0 aliphatic carbocycles. The molecule has 17 heavy (non-hydrogen) atoms. The van der Waals surface area contributed by atoms with Gasteiger partial charge in [-0.05, 0) is 26.3 Å². The van der Waals surface area contributed by atoms with Gasteiger partial charge in [0.25, 0.3) is 0 Å². The topological polar surface area (TPSA) is 28.2 Å². The number of likely N-dealkylation sites (tertiary alicyclic amines) is 1. The van der Waals surface area contributed by atoms with Crippen LogP contribution >= 0.6 is 11.3 Å². The van der Waals surface area contributed by atoms with Crippen molar-refractivity contribution in [3.63, 3.8) is 0 Å². The number of aryl methyl sites for hydroxylation is 1. The second kappa shape index (κ2) is 5.94. The molecule has 1 unspecified atom stereocenters. The standard InChI is InChI=1S/C13H23N3S/c1-10(2)15-12-5-4-6-16(7-12)8-13-11(3)14-9-17-13/h9-10,12,15H,4-8H2,1-3H3. The van der Waals surface area contributed by atoms with Gasteiger partial charge < -0.3 is 5.32 Å². The predicted octanol–water partition coefficient (Wildman–Crippen LogP) is 2.41. The van der Waals surface area contributed by atoms with Gasteiger partial charge in [-0.2, -0.15) is 0 Å². The number of nitrogens with one attached hydrogen (secondary N) is 1. The fourth-order valence-corrected chi connectivity index (χ4v) is 3.31. The fourth-order valence-electron chi connectivity index (χ4n) is 2.49. The van der Waals surface area contributed by atoms with E-state index in [2.05, 4.69) is 36.0 Å². The molecule has 1 aromatic rings. The molecular formula is C13H23N3S. The molecule has 3 nitrogen and oxygen atoms in total. The molecule has 1 aliphatic rings. The summed E-state index contributed by atoms with van der Waals surface area (Å²) >= 11 is 1.79. The molecule has 0 radical (unpaired) electrons. The molecule has 0 amide bonds. The van der Waals surface area contributed by atoms with Gasteiger partial charge in [0.1, 0.15) is 0 Å². The SMILES string of the molecule is Cc1ncsc1CN1CCCC(NC(C)C)C1. The minimum absolute atomic E-state index is 0.588. The Morgan fingerprint density at radius 1 is 1.59 bits per heavy atom. The third kappa shape index (κ3) is 3.76. The van der Waals surface area contributed by atoms with Gasteiger partial charge in [-0.15, -0.1) is 11.3 Å². The smallest absolute Gasteiger partial charge is 0.0798 e. The highest BCUT2D eigenvalue weighted by molar-refractivity contribution is 7.09. The van der Waals surface area contributed by atoms with Crippen LogP contribution in [0.25, 0.3) is 0 Å². The lowest BCUT2D eigenvalue weighted by Gasteiger charge is -2.34. The number of rotatable bonds is 4. The van der Waals surface area contributed by atoms with Gasteiger partial charge in [0, 0.05) is 30.1 Å². The van der Waals surface area contributed by atoms with Gasteiger partial charge in [-0.3, -0.25) is 4.90 Å². The molecule has 0 saturated carbocycles. The van der Waals surface area contributed by atoms with E-state index in [0.717, 1.165) is 6.54 Å². The van der Waals surface area contributed by atoms with Crippen LogP contribution in [-0.2, 0) is 6.54 Å². The van der Waals surface area contributed by atoms with Crippen molar-refractivity contribution in [2.45, 2.75) is 52.2 Å². The van der Waals surface area contributed by atoms with E-state index in [9.17, 15) is 0 Å². The number of aromatic nitrogens is 1. The zero-order chi connectivity index (χ0) is 12.3. The van der Waals surface area contributed by atoms with Crippen LogP contribution in [0.4, 0.5) is 0 Å². The maximum absolute atomic E-state index is 4.33. The van der Waals surface area contributed by atoms with Crippen molar-refractivity contribution in [2.75, 3.05) is 13.1 Å². The number of hydrogen-bond donors (Lipinski definition) is 1. The van der Waals surface area contributed by atoms with Crippen LogP contribution in [0, 0.1) is 6.92 Å². The predicted molar refractivity (Wildman–Crippen MR) is 73.4 cm³/mol. The van der Waals surface area contributed by atoms with E-state index in [0.29, 0.717) is 12.1 Å². The highest BCUT2D eigenvalue weighted by Gasteiger charge is 2.20. The van der Waals surface area contributed by atoms with E-state index >= 15 is 0 Å². The molecule has 1 aliphatic heterocycles. The molecule has 96 valence electrons. The third-order valence-electron chi connectivity index (χ3n) is 3.29. The Bertz CT molecular complexity index is 348. The lowest BCUT2D eigenvalue weighted by molar-refractivity contribution is 0.179. The molecule has 2 heterocycles. The first-order valence-corrected chi connectivity index (χ1v) is 7.40. The Balaban J connectivity index is 1.87. The Labute approximate surface area is 108 Å². The summed E-state index contributed by atoms with van der Waals surface area (Å²) in [7, 11) is 0. The van der Waals surface area contributed by atoms with Gasteiger partial charge in [-0.1, -0.05) is 13.8 Å². The van der Waals surface area contributed by atoms with Crippen molar-refractivity contribution in [3.8, 4) is 0 Å². The second-order valence-electron chi connectivity index (χ2n) is 5.26. The van der Waals surface area contributed by atoms with Crippen molar-refractivity contribution in [2.24, 2.45) is 0 Å². The average molecular weight is 253 g/mol. The van der Waals surface area contributed by atoms with Crippen molar-refractivity contribution >= 4 is 11.3 Å². The Kier molecular flexibility index (Phi) is 4.54. The van der Waals surface area contributed by atoms with Crippen molar-refractivity contribution < 1.29 is 0 Å². The van der Waals surface area contributed by atoms with Crippen LogP contribution in [0.3, 0.4) is 0 Å². The van der Waals surface area contributed by atoms with E-state index in [1.165, 1.54) is 36.5 Å². The molecule has 0 aromatic carbocycles. The molecule has 1 saturated heterocycles. The summed E-state index contributed by atoms with van der Waals surface area (Å²) in [6.45, 7) is 10.0. The molecule has 1 aromatic heterocycles. The molecule has 1 atom stereocenters. The van der Waals surface area contributed by atoms with Crippen LogP contribution in [-0.4, -0.2) is 35.1 Å². The summed E-state index contributed by atoms with van der Waals surface area (Å²) in [5.41, 5.74) is 3.16. The van der Waals surface area contributed by atoms with Crippen LogP contribution in [0.1, 0.15) is 37.3 Å². The van der Waals surface area contributed by atoms with Crippen molar-refractivity contribution in [1.82, 2.24) is 15.2 Å². The number of hydrogen-bond acceptors (Lipinski definition) is 4. The minimum Gasteiger partial charge on any atom is -0.311 e. The van der Waals surface area contributed by atoms with Crippen LogP contribution in [0.2, 0.25) is 0 Å². The van der Waals surface area contributed by atoms with Crippen LogP contribution in [0.5, 0.6) is 0 Å². The fraction of sp³-hybridized carbons (Fsp3) is 0.769. The first kappa shape index (κ1) is 13.0. The van der Waals surface area contributed by atoms with Gasteiger partial charge >= 0.3 is 0 Å². The molecule has 1 N–H and O–H groups in total. The summed E-state index contributed by atoms with van der Waals surface area (Å²) in [5.74, 6) is 0. The summed E-state index contributed by atoms with van der Waals surface area (Å²) in [5, 5.41) is 3.65. The lowest BCUT2D eigenvalue weighted by Crippen LogP contribution is -2.47. The molecule has 2 rings (SSSR count). The first-order chi connectivity index (χ1) is 8.15. The molecule has 1 fully saturated rings. The molecular weight excluding hydrogens is 230 g/mol. The van der Waals surface area contributed by atoms with E-state index < -0.39 is 0 Å². The van der Waals surface area contributed by atoms with Gasteiger partial charge in [0.05, 0.1) is 11.2 Å². The highest BCUT2D eigenvalue weighted by Crippen LogP contribution is 2.18. The van der Waals surface area contributed by atoms with Crippen molar-refractivity contribution in [3.05, 3.63) is 16.1 Å². The van der Waals surface area contributed by atoms with E-state index in [1.807, 2.05) is 5.51 Å². The molecule has 4 heteroatoms. The van der Waals surface area contributed by atoms with Gasteiger partial charge in [0.2, 0.25) is 0 Å². The molecule has 0 spiro atoms. The van der Waals surface area contributed by atoms with Gasteiger partial charge in [-0.25, -0.2) is 4.98 Å². The molecule has 0 bridgehead atoms. The maximum Gasteiger partial charge on any atom is 0.0798 e. The Morgan fingerprint density at radius 3 is 3.06 bits per heavy atom. The first-order valence-electron chi connectivity index (χ1n) is 6.52.